The van der Waals surface area contributed by atoms with Gasteiger partial charge in [0.2, 0.25) is 17.8 Å². The van der Waals surface area contributed by atoms with Crippen LogP contribution >= 0.6 is 11.3 Å². The maximum Gasteiger partial charge on any atom is 0.233 e. The van der Waals surface area contributed by atoms with Crippen LogP contribution in [0.2, 0.25) is 0 Å². The first kappa shape index (κ1) is 34.5. The lowest BCUT2D eigenvalue weighted by Crippen LogP contribution is -2.45. The molecule has 4 aromatic rings. The van der Waals surface area contributed by atoms with Crippen molar-refractivity contribution in [3.8, 4) is 11.3 Å². The minimum absolute atomic E-state index is 0.00652. The van der Waals surface area contributed by atoms with Crippen molar-refractivity contribution in [2.75, 3.05) is 19.6 Å². The average molecular weight is 693 g/mol. The van der Waals surface area contributed by atoms with Crippen molar-refractivity contribution in [2.45, 2.75) is 116 Å². The van der Waals surface area contributed by atoms with E-state index in [4.69, 9.17) is 4.99 Å². The summed E-state index contributed by atoms with van der Waals surface area (Å²) in [6.45, 7) is 14.9. The minimum Gasteiger partial charge on any atom is -0.346 e. The van der Waals surface area contributed by atoms with E-state index in [0.29, 0.717) is 36.9 Å². The number of carbonyl (C=O) groups excluding carboxylic acids is 2. The summed E-state index contributed by atoms with van der Waals surface area (Å²) < 4.78 is 0. The molecule has 2 bridgehead atoms. The van der Waals surface area contributed by atoms with E-state index < -0.39 is 5.41 Å². The van der Waals surface area contributed by atoms with Crippen LogP contribution in [0, 0.1) is 13.8 Å². The number of nitrogens with zero attached hydrogens (tertiary/aromatic N) is 4. The maximum atomic E-state index is 14.1. The Bertz CT molecular complexity index is 1870. The predicted molar refractivity (Wildman–Crippen MR) is 204 cm³/mol. The number of fused-ring (bicyclic) bond motifs is 3. The van der Waals surface area contributed by atoms with Gasteiger partial charge in [-0.15, -0.1) is 11.3 Å². The van der Waals surface area contributed by atoms with Crippen molar-refractivity contribution < 1.29 is 9.59 Å². The Morgan fingerprint density at radius 2 is 1.72 bits per heavy atom. The van der Waals surface area contributed by atoms with Gasteiger partial charge in [-0.25, -0.2) is 0 Å². The zero-order valence-electron chi connectivity index (χ0n) is 30.5. The molecule has 0 aliphatic carbocycles. The molecule has 3 aliphatic heterocycles. The number of pyridine rings is 1. The highest BCUT2D eigenvalue weighted by Crippen LogP contribution is 2.46. The number of H-pyrrole nitrogens is 1. The summed E-state index contributed by atoms with van der Waals surface area (Å²) in [5.74, 6) is 1.36. The van der Waals surface area contributed by atoms with Gasteiger partial charge in [-0.3, -0.25) is 24.9 Å². The van der Waals surface area contributed by atoms with Crippen molar-refractivity contribution >= 4 is 39.3 Å². The zero-order chi connectivity index (χ0) is 35.2. The van der Waals surface area contributed by atoms with Crippen LogP contribution in [0.4, 0.5) is 0 Å². The van der Waals surface area contributed by atoms with Gasteiger partial charge in [0, 0.05) is 72.6 Å². The molecule has 0 saturated carbocycles. The second-order valence-electron chi connectivity index (χ2n) is 15.5. The summed E-state index contributed by atoms with van der Waals surface area (Å²) in [7, 11) is 0. The monoisotopic (exact) mass is 692 g/mol. The first-order valence-corrected chi connectivity index (χ1v) is 19.4. The standard InChI is InChI=1S/C41H52N6O2S/c1-7-8-35(48)44-40(46-18-15-29(24-46)28-13-16-42-17-14-28)43-23-27(4)36-33-22-34(41(5,6)39(49)47-31-9-10-32(47)12-11-31)50-38(33)45-37(36)30-20-25(2)19-26(3)21-30/h13-14,16-17,19-22,27,29,31-32,45H,7-12,15,18,23-24H2,1-6H3,(H,43,44,48)/t27-,29?,31?,32?/m1/s1. The van der Waals surface area contributed by atoms with Crippen molar-refractivity contribution in [2.24, 2.45) is 4.99 Å². The number of aryl methyl sites for hydroxylation is 2. The van der Waals surface area contributed by atoms with Gasteiger partial charge in [0.25, 0.3) is 0 Å². The third-order valence-corrected chi connectivity index (χ3v) is 12.7. The molecule has 264 valence electrons. The molecule has 7 rings (SSSR count). The molecule has 50 heavy (non-hydrogen) atoms. The number of hydrogen-bond donors (Lipinski definition) is 2. The molecular weight excluding hydrogens is 641 g/mol. The number of amides is 2. The Morgan fingerprint density at radius 1 is 1.04 bits per heavy atom. The summed E-state index contributed by atoms with van der Waals surface area (Å²) in [6, 6.07) is 14.0. The molecule has 0 radical (unpaired) electrons. The lowest BCUT2D eigenvalue weighted by Gasteiger charge is -2.31. The summed E-state index contributed by atoms with van der Waals surface area (Å²) in [4.78, 5) is 46.9. The molecule has 3 saturated heterocycles. The second-order valence-corrected chi connectivity index (χ2v) is 16.6. The van der Waals surface area contributed by atoms with Crippen LogP contribution in [0.3, 0.4) is 0 Å². The SMILES string of the molecule is CCCC(=O)NC(=NC[C@@H](C)c1c(-c2cc(C)cc(C)c2)[nH]c2sc(C(C)(C)C(=O)N3C4CCC3CC4)cc12)N1CCC(c2ccncc2)C1. The molecule has 1 aromatic carbocycles. The maximum absolute atomic E-state index is 14.1. The average Bonchev–Trinajstić information content (AvgIpc) is 3.93. The van der Waals surface area contributed by atoms with Crippen molar-refractivity contribution in [1.82, 2.24) is 25.1 Å². The Hall–Kier alpha value is -3.98. The predicted octanol–water partition coefficient (Wildman–Crippen LogP) is 8.20. The Labute approximate surface area is 300 Å². The molecule has 6 heterocycles. The normalized spacial score (nSPS) is 21.4. The van der Waals surface area contributed by atoms with Gasteiger partial charge in [0.15, 0.2) is 0 Å². The quantitative estimate of drug-likeness (QED) is 0.137. The van der Waals surface area contributed by atoms with Crippen LogP contribution < -0.4 is 5.32 Å². The summed E-state index contributed by atoms with van der Waals surface area (Å²) >= 11 is 1.72. The fraction of sp³-hybridized carbons (Fsp3) is 0.512. The van der Waals surface area contributed by atoms with Crippen LogP contribution in [0.1, 0.15) is 112 Å². The summed E-state index contributed by atoms with van der Waals surface area (Å²) in [5, 5.41) is 4.35. The van der Waals surface area contributed by atoms with E-state index in [0.717, 1.165) is 67.0 Å². The Balaban J connectivity index is 1.23. The number of likely N-dealkylation sites (tertiary alicyclic amines) is 1. The van der Waals surface area contributed by atoms with E-state index in [2.05, 4.69) is 96.1 Å². The first-order chi connectivity index (χ1) is 24.0. The lowest BCUT2D eigenvalue weighted by molar-refractivity contribution is -0.137. The number of hydrogen-bond acceptors (Lipinski definition) is 5. The van der Waals surface area contributed by atoms with E-state index in [1.807, 2.05) is 19.3 Å². The molecule has 9 heteroatoms. The number of rotatable bonds is 9. The number of guanidine groups is 1. The number of nitrogens with one attached hydrogen (secondary N) is 2. The van der Waals surface area contributed by atoms with E-state index in [1.165, 1.54) is 33.2 Å². The smallest absolute Gasteiger partial charge is 0.233 e. The van der Waals surface area contributed by atoms with Crippen molar-refractivity contribution in [3.05, 3.63) is 75.9 Å². The van der Waals surface area contributed by atoms with Gasteiger partial charge in [0.05, 0.1) is 11.1 Å². The summed E-state index contributed by atoms with van der Waals surface area (Å²) in [6.07, 6.45) is 10.5. The van der Waals surface area contributed by atoms with Gasteiger partial charge < -0.3 is 14.8 Å². The lowest BCUT2D eigenvalue weighted by atomic mass is 9.88. The molecule has 1 unspecified atom stereocenters. The highest BCUT2D eigenvalue weighted by Gasteiger charge is 2.47. The molecule has 3 fully saturated rings. The van der Waals surface area contributed by atoms with Crippen LogP contribution in [0.5, 0.6) is 0 Å². The Kier molecular flexibility index (Phi) is 9.63. The molecule has 3 aromatic heterocycles. The molecule has 0 spiro atoms. The fourth-order valence-corrected chi connectivity index (χ4v) is 9.82. The molecule has 2 atom stereocenters. The third kappa shape index (κ3) is 6.61. The van der Waals surface area contributed by atoms with E-state index in [9.17, 15) is 9.59 Å². The number of aromatic amines is 1. The number of aliphatic imine (C=N–C) groups is 1. The third-order valence-electron chi connectivity index (χ3n) is 11.3. The molecule has 2 N–H and O–H groups in total. The largest absolute Gasteiger partial charge is 0.346 e. The molecule has 2 amide bonds. The number of thiophene rings is 1. The topological polar surface area (TPSA) is 93.7 Å². The minimum atomic E-state index is -0.605. The van der Waals surface area contributed by atoms with Gasteiger partial charge in [0.1, 0.15) is 4.83 Å². The van der Waals surface area contributed by atoms with Crippen LogP contribution in [-0.2, 0) is 15.0 Å². The molecular formula is C41H52N6O2S. The molecule has 3 aliphatic rings. The van der Waals surface area contributed by atoms with Gasteiger partial charge in [-0.1, -0.05) is 31.0 Å². The van der Waals surface area contributed by atoms with Gasteiger partial charge >= 0.3 is 0 Å². The second kappa shape index (κ2) is 14.0. The Morgan fingerprint density at radius 3 is 2.38 bits per heavy atom. The zero-order valence-corrected chi connectivity index (χ0v) is 31.3. The van der Waals surface area contributed by atoms with Crippen LogP contribution in [0.25, 0.3) is 21.5 Å². The highest BCUT2D eigenvalue weighted by molar-refractivity contribution is 7.19. The van der Waals surface area contributed by atoms with Crippen LogP contribution in [-0.4, -0.2) is 69.3 Å². The van der Waals surface area contributed by atoms with Gasteiger partial charge in [-0.05, 0) is 113 Å². The van der Waals surface area contributed by atoms with E-state index in [1.54, 1.807) is 11.3 Å². The number of carbonyl (C=O) groups is 2. The molecule has 8 nitrogen and oxygen atoms in total. The van der Waals surface area contributed by atoms with E-state index >= 15 is 0 Å². The summed E-state index contributed by atoms with van der Waals surface area (Å²) in [5.41, 5.74) is 6.61. The highest BCUT2D eigenvalue weighted by atomic mass is 32.1. The number of aromatic nitrogens is 2. The van der Waals surface area contributed by atoms with E-state index in [-0.39, 0.29) is 17.7 Å². The van der Waals surface area contributed by atoms with Gasteiger partial charge in [-0.2, -0.15) is 0 Å². The van der Waals surface area contributed by atoms with Crippen molar-refractivity contribution in [1.29, 1.82) is 0 Å². The fourth-order valence-electron chi connectivity index (χ4n) is 8.65. The number of benzene rings is 1. The first-order valence-electron chi connectivity index (χ1n) is 18.6. The van der Waals surface area contributed by atoms with Crippen LogP contribution in [0.15, 0.2) is 53.8 Å². The van der Waals surface area contributed by atoms with Crippen molar-refractivity contribution in [3.63, 3.8) is 0 Å².